The lowest BCUT2D eigenvalue weighted by molar-refractivity contribution is -0.122. The van der Waals surface area contributed by atoms with Crippen LogP contribution in [0, 0.1) is 5.92 Å². The summed E-state index contributed by atoms with van der Waals surface area (Å²) in [5.74, 6) is -0.0258. The van der Waals surface area contributed by atoms with Gasteiger partial charge in [-0.05, 0) is 26.3 Å². The summed E-state index contributed by atoms with van der Waals surface area (Å²) in [5.41, 5.74) is 5.29. The summed E-state index contributed by atoms with van der Waals surface area (Å²) in [7, 11) is 1.95. The SMILES string of the molecule is CNC1CCCCC(C(N)=O)C1. The number of nitrogens with one attached hydrogen (secondary N) is 1. The molecule has 2 atom stereocenters. The Labute approximate surface area is 73.7 Å². The third kappa shape index (κ3) is 2.48. The molecule has 0 saturated heterocycles. The van der Waals surface area contributed by atoms with Crippen molar-refractivity contribution in [3.8, 4) is 0 Å². The first-order chi connectivity index (χ1) is 5.74. The van der Waals surface area contributed by atoms with E-state index in [-0.39, 0.29) is 11.8 Å². The first kappa shape index (κ1) is 9.52. The summed E-state index contributed by atoms with van der Waals surface area (Å²) in [6.07, 6.45) is 5.45. The van der Waals surface area contributed by atoms with Crippen LogP contribution in [0.1, 0.15) is 32.1 Å². The van der Waals surface area contributed by atoms with Gasteiger partial charge in [-0.3, -0.25) is 4.79 Å². The lowest BCUT2D eigenvalue weighted by Crippen LogP contribution is -2.31. The molecule has 12 heavy (non-hydrogen) atoms. The molecule has 0 radical (unpaired) electrons. The normalized spacial score (nSPS) is 31.1. The van der Waals surface area contributed by atoms with Crippen molar-refractivity contribution in [3.63, 3.8) is 0 Å². The first-order valence-electron chi connectivity index (χ1n) is 4.70. The second-order valence-electron chi connectivity index (χ2n) is 3.61. The number of carbonyl (C=O) groups is 1. The Kier molecular flexibility index (Phi) is 3.53. The van der Waals surface area contributed by atoms with E-state index in [1.807, 2.05) is 7.05 Å². The molecule has 0 aromatic heterocycles. The third-order valence-electron chi connectivity index (χ3n) is 2.73. The quantitative estimate of drug-likeness (QED) is 0.597. The highest BCUT2D eigenvalue weighted by Gasteiger charge is 2.22. The Morgan fingerprint density at radius 2 is 2.08 bits per heavy atom. The van der Waals surface area contributed by atoms with Crippen LogP contribution in [0.4, 0.5) is 0 Å². The van der Waals surface area contributed by atoms with Crippen molar-refractivity contribution in [2.24, 2.45) is 11.7 Å². The predicted octanol–water partition coefficient (Wildman–Crippen LogP) is 0.640. The lowest BCUT2D eigenvalue weighted by Gasteiger charge is -2.16. The van der Waals surface area contributed by atoms with Gasteiger partial charge in [0, 0.05) is 12.0 Å². The van der Waals surface area contributed by atoms with Crippen LogP contribution in [0.25, 0.3) is 0 Å². The van der Waals surface area contributed by atoms with Gasteiger partial charge in [-0.2, -0.15) is 0 Å². The minimum atomic E-state index is -0.128. The number of amides is 1. The van der Waals surface area contributed by atoms with Crippen LogP contribution in [0.3, 0.4) is 0 Å². The number of carbonyl (C=O) groups excluding carboxylic acids is 1. The molecule has 0 heterocycles. The minimum Gasteiger partial charge on any atom is -0.369 e. The topological polar surface area (TPSA) is 55.1 Å². The standard InChI is InChI=1S/C9H18N2O/c1-11-8-5-3-2-4-7(6-8)9(10)12/h7-8,11H,2-6H2,1H3,(H2,10,12). The summed E-state index contributed by atoms with van der Waals surface area (Å²) in [4.78, 5) is 11.0. The Balaban J connectivity index is 2.47. The van der Waals surface area contributed by atoms with Crippen LogP contribution in [-0.2, 0) is 4.79 Å². The summed E-state index contributed by atoms with van der Waals surface area (Å²) >= 11 is 0. The molecule has 1 aliphatic rings. The van der Waals surface area contributed by atoms with Crippen LogP contribution < -0.4 is 11.1 Å². The molecule has 0 aromatic rings. The van der Waals surface area contributed by atoms with Crippen LogP contribution in [0.5, 0.6) is 0 Å². The Morgan fingerprint density at radius 1 is 1.42 bits per heavy atom. The molecule has 1 amide bonds. The Hall–Kier alpha value is -0.570. The molecule has 70 valence electrons. The molecule has 3 N–H and O–H groups in total. The molecule has 0 aromatic carbocycles. The lowest BCUT2D eigenvalue weighted by atomic mass is 9.98. The van der Waals surface area contributed by atoms with E-state index in [2.05, 4.69) is 5.32 Å². The van der Waals surface area contributed by atoms with Gasteiger partial charge < -0.3 is 11.1 Å². The molecule has 1 fully saturated rings. The molecule has 1 aliphatic carbocycles. The van der Waals surface area contributed by atoms with Gasteiger partial charge in [0.05, 0.1) is 0 Å². The van der Waals surface area contributed by atoms with Gasteiger partial charge in [-0.15, -0.1) is 0 Å². The molecule has 0 spiro atoms. The fraction of sp³-hybridized carbons (Fsp3) is 0.889. The van der Waals surface area contributed by atoms with Gasteiger partial charge in [0.15, 0.2) is 0 Å². The van der Waals surface area contributed by atoms with Crippen LogP contribution in [0.2, 0.25) is 0 Å². The molecular weight excluding hydrogens is 152 g/mol. The molecule has 0 aliphatic heterocycles. The Morgan fingerprint density at radius 3 is 2.67 bits per heavy atom. The maximum Gasteiger partial charge on any atom is 0.220 e. The number of nitrogens with two attached hydrogens (primary N) is 1. The molecular formula is C9H18N2O. The van der Waals surface area contributed by atoms with E-state index in [9.17, 15) is 4.79 Å². The second kappa shape index (κ2) is 4.45. The maximum atomic E-state index is 11.0. The highest BCUT2D eigenvalue weighted by atomic mass is 16.1. The average Bonchev–Trinajstić information content (AvgIpc) is 2.28. The number of primary amides is 1. The highest BCUT2D eigenvalue weighted by molar-refractivity contribution is 5.76. The zero-order valence-corrected chi connectivity index (χ0v) is 7.68. The van der Waals surface area contributed by atoms with E-state index in [0.29, 0.717) is 6.04 Å². The van der Waals surface area contributed by atoms with Crippen LogP contribution >= 0.6 is 0 Å². The van der Waals surface area contributed by atoms with E-state index in [0.717, 1.165) is 19.3 Å². The Bertz CT molecular complexity index is 159. The second-order valence-corrected chi connectivity index (χ2v) is 3.61. The van der Waals surface area contributed by atoms with Crippen LogP contribution in [0.15, 0.2) is 0 Å². The first-order valence-corrected chi connectivity index (χ1v) is 4.70. The fourth-order valence-corrected chi connectivity index (χ4v) is 1.88. The van der Waals surface area contributed by atoms with Crippen molar-refractivity contribution in [3.05, 3.63) is 0 Å². The van der Waals surface area contributed by atoms with Crippen molar-refractivity contribution in [1.82, 2.24) is 5.32 Å². The molecule has 1 saturated carbocycles. The summed E-state index contributed by atoms with van der Waals surface area (Å²) in [6, 6.07) is 0.491. The van der Waals surface area contributed by atoms with Crippen LogP contribution in [-0.4, -0.2) is 19.0 Å². The number of hydrogen-bond acceptors (Lipinski definition) is 2. The van der Waals surface area contributed by atoms with Gasteiger partial charge in [-0.25, -0.2) is 0 Å². The molecule has 3 heteroatoms. The molecule has 0 bridgehead atoms. The molecule has 2 unspecified atom stereocenters. The zero-order valence-electron chi connectivity index (χ0n) is 7.68. The fourth-order valence-electron chi connectivity index (χ4n) is 1.88. The largest absolute Gasteiger partial charge is 0.369 e. The van der Waals surface area contributed by atoms with Crippen molar-refractivity contribution < 1.29 is 4.79 Å². The van der Waals surface area contributed by atoms with Gasteiger partial charge in [0.1, 0.15) is 0 Å². The van der Waals surface area contributed by atoms with Crippen molar-refractivity contribution in [2.45, 2.75) is 38.1 Å². The molecule has 3 nitrogen and oxygen atoms in total. The van der Waals surface area contributed by atoms with E-state index >= 15 is 0 Å². The highest BCUT2D eigenvalue weighted by Crippen LogP contribution is 2.22. The van der Waals surface area contributed by atoms with E-state index in [4.69, 9.17) is 5.73 Å². The van der Waals surface area contributed by atoms with Crippen molar-refractivity contribution in [1.29, 1.82) is 0 Å². The van der Waals surface area contributed by atoms with Crippen molar-refractivity contribution in [2.75, 3.05) is 7.05 Å². The third-order valence-corrected chi connectivity index (χ3v) is 2.73. The minimum absolute atomic E-state index is 0.102. The maximum absolute atomic E-state index is 11.0. The monoisotopic (exact) mass is 170 g/mol. The predicted molar refractivity (Wildman–Crippen MR) is 48.6 cm³/mol. The van der Waals surface area contributed by atoms with Crippen molar-refractivity contribution >= 4 is 5.91 Å². The van der Waals surface area contributed by atoms with Gasteiger partial charge in [0.25, 0.3) is 0 Å². The van der Waals surface area contributed by atoms with Gasteiger partial charge in [0.2, 0.25) is 5.91 Å². The van der Waals surface area contributed by atoms with E-state index in [1.165, 1.54) is 12.8 Å². The number of hydrogen-bond donors (Lipinski definition) is 2. The zero-order chi connectivity index (χ0) is 8.97. The summed E-state index contributed by atoms with van der Waals surface area (Å²) in [6.45, 7) is 0. The summed E-state index contributed by atoms with van der Waals surface area (Å²) < 4.78 is 0. The van der Waals surface area contributed by atoms with Gasteiger partial charge >= 0.3 is 0 Å². The smallest absolute Gasteiger partial charge is 0.220 e. The summed E-state index contributed by atoms with van der Waals surface area (Å²) in [5, 5.41) is 3.22. The van der Waals surface area contributed by atoms with Gasteiger partial charge in [-0.1, -0.05) is 12.8 Å². The average molecular weight is 170 g/mol. The van der Waals surface area contributed by atoms with E-state index < -0.39 is 0 Å². The molecule has 1 rings (SSSR count). The number of rotatable bonds is 2. The van der Waals surface area contributed by atoms with E-state index in [1.54, 1.807) is 0 Å².